The summed E-state index contributed by atoms with van der Waals surface area (Å²) in [6, 6.07) is 5.68. The van der Waals surface area contributed by atoms with E-state index in [1.807, 2.05) is 0 Å². The Balaban J connectivity index is 1.55. The van der Waals surface area contributed by atoms with Crippen molar-refractivity contribution in [2.24, 2.45) is 0 Å². The average molecular weight is 376 g/mol. The van der Waals surface area contributed by atoms with Gasteiger partial charge in [-0.25, -0.2) is 13.6 Å². The molecule has 0 radical (unpaired) electrons. The minimum absolute atomic E-state index is 0.00322. The molecule has 2 aromatic heterocycles. The topological polar surface area (TPSA) is 110 Å². The van der Waals surface area contributed by atoms with Crippen LogP contribution in [0.2, 0.25) is 0 Å². The highest BCUT2D eigenvalue weighted by atomic mass is 19.1. The number of H-pyrrole nitrogens is 1. The van der Waals surface area contributed by atoms with E-state index in [0.29, 0.717) is 5.69 Å². The van der Waals surface area contributed by atoms with Crippen LogP contribution in [0.3, 0.4) is 0 Å². The second-order valence-electron chi connectivity index (χ2n) is 5.64. The van der Waals surface area contributed by atoms with Crippen molar-refractivity contribution in [3.05, 3.63) is 74.7 Å². The van der Waals surface area contributed by atoms with Crippen LogP contribution in [0.15, 0.2) is 50.6 Å². The quantitative estimate of drug-likeness (QED) is 0.671. The Morgan fingerprint density at radius 3 is 2.78 bits per heavy atom. The second-order valence-corrected chi connectivity index (χ2v) is 5.64. The Morgan fingerprint density at radius 2 is 2.04 bits per heavy atom. The molecule has 8 nitrogen and oxygen atoms in total. The molecule has 0 bridgehead atoms. The van der Waals surface area contributed by atoms with E-state index < -0.39 is 22.9 Å². The first-order chi connectivity index (χ1) is 12.9. The highest BCUT2D eigenvalue weighted by molar-refractivity contribution is 5.75. The van der Waals surface area contributed by atoms with Gasteiger partial charge in [-0.2, -0.15) is 0 Å². The first-order valence-electron chi connectivity index (χ1n) is 7.90. The molecule has 3 rings (SSSR count). The van der Waals surface area contributed by atoms with Crippen LogP contribution in [0.25, 0.3) is 11.3 Å². The number of hydrogen-bond donors (Lipinski definition) is 2. The van der Waals surface area contributed by atoms with Crippen LogP contribution in [0.5, 0.6) is 0 Å². The number of aryl methyl sites for hydroxylation is 1. The molecule has 0 fully saturated rings. The molecule has 0 unspecified atom stereocenters. The summed E-state index contributed by atoms with van der Waals surface area (Å²) in [5, 5.41) is 6.31. The van der Waals surface area contributed by atoms with Crippen LogP contribution in [0, 0.1) is 11.6 Å². The van der Waals surface area contributed by atoms with Gasteiger partial charge in [0.1, 0.15) is 17.3 Å². The van der Waals surface area contributed by atoms with Gasteiger partial charge < -0.3 is 14.4 Å². The zero-order valence-corrected chi connectivity index (χ0v) is 13.9. The largest absolute Gasteiger partial charge is 0.356 e. The molecule has 0 aliphatic rings. The van der Waals surface area contributed by atoms with Crippen LogP contribution in [-0.2, 0) is 17.9 Å². The average Bonchev–Trinajstić information content (AvgIpc) is 3.08. The summed E-state index contributed by atoms with van der Waals surface area (Å²) in [5.74, 6) is -1.74. The Kier molecular flexibility index (Phi) is 5.25. The summed E-state index contributed by atoms with van der Waals surface area (Å²) in [7, 11) is 0. The van der Waals surface area contributed by atoms with Gasteiger partial charge in [0.05, 0.1) is 12.1 Å². The summed E-state index contributed by atoms with van der Waals surface area (Å²) >= 11 is 0. The number of halogens is 2. The van der Waals surface area contributed by atoms with E-state index in [1.54, 1.807) is 0 Å². The lowest BCUT2D eigenvalue weighted by atomic mass is 10.1. The Hall–Kier alpha value is -3.56. The fourth-order valence-corrected chi connectivity index (χ4v) is 2.33. The zero-order valence-electron chi connectivity index (χ0n) is 13.9. The van der Waals surface area contributed by atoms with Crippen molar-refractivity contribution in [3.8, 4) is 11.3 Å². The molecule has 0 spiro atoms. The molecule has 2 N–H and O–H groups in total. The first-order valence-corrected chi connectivity index (χ1v) is 7.90. The van der Waals surface area contributed by atoms with Crippen LogP contribution in [0.4, 0.5) is 8.78 Å². The van der Waals surface area contributed by atoms with Gasteiger partial charge in [0.25, 0.3) is 5.56 Å². The lowest BCUT2D eigenvalue weighted by Gasteiger charge is -2.05. The number of amides is 1. The number of aromatic nitrogens is 3. The van der Waals surface area contributed by atoms with Gasteiger partial charge >= 0.3 is 5.69 Å². The number of rotatable bonds is 6. The number of nitrogens with one attached hydrogen (secondary N) is 2. The van der Waals surface area contributed by atoms with Gasteiger partial charge in [-0.3, -0.25) is 14.6 Å². The molecule has 0 saturated heterocycles. The van der Waals surface area contributed by atoms with E-state index >= 15 is 0 Å². The van der Waals surface area contributed by atoms with E-state index in [2.05, 4.69) is 15.5 Å². The van der Waals surface area contributed by atoms with E-state index in [-0.39, 0.29) is 36.7 Å². The van der Waals surface area contributed by atoms with Crippen molar-refractivity contribution >= 4 is 5.91 Å². The highest BCUT2D eigenvalue weighted by Gasteiger charge is 2.13. The molecule has 1 aromatic carbocycles. The minimum Gasteiger partial charge on any atom is -0.356 e. The van der Waals surface area contributed by atoms with Crippen molar-refractivity contribution in [2.75, 3.05) is 0 Å². The Morgan fingerprint density at radius 1 is 1.22 bits per heavy atom. The zero-order chi connectivity index (χ0) is 19.4. The fourth-order valence-electron chi connectivity index (χ4n) is 2.33. The predicted octanol–water partition coefficient (Wildman–Crippen LogP) is 1.18. The molecule has 0 atom stereocenters. The molecular weight excluding hydrogens is 362 g/mol. The monoisotopic (exact) mass is 376 g/mol. The number of carbonyl (C=O) groups is 1. The normalized spacial score (nSPS) is 10.7. The fraction of sp³-hybridized carbons (Fsp3) is 0.176. The molecule has 140 valence electrons. The van der Waals surface area contributed by atoms with Crippen LogP contribution < -0.4 is 16.6 Å². The van der Waals surface area contributed by atoms with Crippen molar-refractivity contribution in [1.82, 2.24) is 20.0 Å². The molecule has 0 aliphatic heterocycles. The number of carbonyl (C=O) groups excluding carboxylic acids is 1. The van der Waals surface area contributed by atoms with Gasteiger partial charge in [-0.15, -0.1) is 0 Å². The summed E-state index contributed by atoms with van der Waals surface area (Å²) in [4.78, 5) is 36.5. The van der Waals surface area contributed by atoms with Crippen molar-refractivity contribution in [2.45, 2.75) is 19.5 Å². The highest BCUT2D eigenvalue weighted by Crippen LogP contribution is 2.24. The summed E-state index contributed by atoms with van der Waals surface area (Å²) in [6.45, 7) is 0.123. The summed E-state index contributed by atoms with van der Waals surface area (Å²) in [6.07, 6.45) is 1.30. The first kappa shape index (κ1) is 18.2. The van der Waals surface area contributed by atoms with E-state index in [4.69, 9.17) is 4.52 Å². The third kappa shape index (κ3) is 4.54. The van der Waals surface area contributed by atoms with Gasteiger partial charge in [0.2, 0.25) is 5.91 Å². The Labute approximate surface area is 150 Å². The lowest BCUT2D eigenvalue weighted by molar-refractivity contribution is -0.121. The van der Waals surface area contributed by atoms with Crippen molar-refractivity contribution in [1.29, 1.82) is 0 Å². The van der Waals surface area contributed by atoms with E-state index in [1.165, 1.54) is 29.0 Å². The van der Waals surface area contributed by atoms with Crippen molar-refractivity contribution < 1.29 is 18.1 Å². The molecule has 0 aliphatic carbocycles. The second kappa shape index (κ2) is 7.77. The maximum atomic E-state index is 13.7. The summed E-state index contributed by atoms with van der Waals surface area (Å²) in [5.41, 5.74) is -0.708. The molecule has 2 heterocycles. The van der Waals surface area contributed by atoms with Gasteiger partial charge in [-0.05, 0) is 12.1 Å². The SMILES string of the molecule is O=C(CCn1ccc(=O)[nH]c1=O)NCc1cc(-c2ccc(F)cc2F)on1. The molecule has 0 saturated carbocycles. The predicted molar refractivity (Wildman–Crippen MR) is 89.6 cm³/mol. The number of nitrogens with zero attached hydrogens (tertiary/aromatic N) is 2. The minimum atomic E-state index is -0.784. The van der Waals surface area contributed by atoms with Gasteiger partial charge in [0.15, 0.2) is 5.76 Å². The van der Waals surface area contributed by atoms with Crippen LogP contribution in [0.1, 0.15) is 12.1 Å². The molecule has 1 amide bonds. The maximum Gasteiger partial charge on any atom is 0.328 e. The molecule has 10 heteroatoms. The smallest absolute Gasteiger partial charge is 0.328 e. The molecular formula is C17H14F2N4O4. The standard InChI is InChI=1S/C17H14F2N4O4/c18-10-1-2-12(13(19)7-10)14-8-11(22-27-14)9-20-15(24)3-5-23-6-4-16(25)21-17(23)26/h1-2,4,6-8H,3,5,9H2,(H,20,24)(H,21,25,26). The number of benzene rings is 1. The van der Waals surface area contributed by atoms with Crippen molar-refractivity contribution in [3.63, 3.8) is 0 Å². The number of aromatic amines is 1. The Bertz CT molecular complexity index is 1090. The molecule has 27 heavy (non-hydrogen) atoms. The maximum absolute atomic E-state index is 13.7. The third-order valence-electron chi connectivity index (χ3n) is 3.70. The van der Waals surface area contributed by atoms with Crippen LogP contribution in [-0.4, -0.2) is 20.6 Å². The van der Waals surface area contributed by atoms with Gasteiger partial charge in [0, 0.05) is 37.4 Å². The number of hydrogen-bond acceptors (Lipinski definition) is 5. The van der Waals surface area contributed by atoms with Crippen LogP contribution >= 0.6 is 0 Å². The summed E-state index contributed by atoms with van der Waals surface area (Å²) < 4.78 is 32.9. The van der Waals surface area contributed by atoms with Gasteiger partial charge in [-0.1, -0.05) is 5.16 Å². The lowest BCUT2D eigenvalue weighted by Crippen LogP contribution is -2.31. The van der Waals surface area contributed by atoms with E-state index in [0.717, 1.165) is 12.1 Å². The molecule has 3 aromatic rings. The van der Waals surface area contributed by atoms with E-state index in [9.17, 15) is 23.2 Å². The third-order valence-corrected chi connectivity index (χ3v) is 3.70.